The summed E-state index contributed by atoms with van der Waals surface area (Å²) in [4.78, 5) is 10.4. The number of halogens is 3. The maximum Gasteiger partial charge on any atom is 0.451 e. The number of nitrogens with zero attached hydrogens (tertiary/aromatic N) is 3. The number of alkyl halides is 3. The standard InChI is InChI=1S/C11H9F3N4/c12-11(13,14)10-16-6-3-9(18-10)17-7-8-1-4-15-5-2-8/h1-6H,7H2,(H,16,17,18). The van der Waals surface area contributed by atoms with Crippen molar-refractivity contribution in [2.75, 3.05) is 5.32 Å². The lowest BCUT2D eigenvalue weighted by atomic mass is 10.3. The van der Waals surface area contributed by atoms with Gasteiger partial charge in [0.25, 0.3) is 0 Å². The third-order valence-electron chi connectivity index (χ3n) is 2.13. The van der Waals surface area contributed by atoms with Gasteiger partial charge in [-0.1, -0.05) is 0 Å². The van der Waals surface area contributed by atoms with Crippen molar-refractivity contribution >= 4 is 5.82 Å². The average molecular weight is 254 g/mol. The Morgan fingerprint density at radius 3 is 2.44 bits per heavy atom. The predicted molar refractivity (Wildman–Crippen MR) is 58.6 cm³/mol. The SMILES string of the molecule is FC(F)(F)c1nccc(NCc2ccncc2)n1. The van der Waals surface area contributed by atoms with Gasteiger partial charge in [0.1, 0.15) is 5.82 Å². The molecule has 0 unspecified atom stereocenters. The van der Waals surface area contributed by atoms with Crippen molar-refractivity contribution in [1.29, 1.82) is 0 Å². The summed E-state index contributed by atoms with van der Waals surface area (Å²) in [7, 11) is 0. The van der Waals surface area contributed by atoms with Crippen molar-refractivity contribution in [2.24, 2.45) is 0 Å². The van der Waals surface area contributed by atoms with E-state index >= 15 is 0 Å². The zero-order valence-corrected chi connectivity index (χ0v) is 9.15. The number of rotatable bonds is 3. The molecule has 1 N–H and O–H groups in total. The molecule has 0 radical (unpaired) electrons. The van der Waals surface area contributed by atoms with Crippen LogP contribution in [-0.4, -0.2) is 15.0 Å². The van der Waals surface area contributed by atoms with Crippen LogP contribution in [0.1, 0.15) is 11.4 Å². The predicted octanol–water partition coefficient (Wildman–Crippen LogP) is 2.50. The largest absolute Gasteiger partial charge is 0.451 e. The van der Waals surface area contributed by atoms with Gasteiger partial charge in [-0.15, -0.1) is 0 Å². The van der Waals surface area contributed by atoms with Gasteiger partial charge in [0, 0.05) is 25.1 Å². The second-order valence-corrected chi connectivity index (χ2v) is 3.47. The monoisotopic (exact) mass is 254 g/mol. The van der Waals surface area contributed by atoms with Crippen LogP contribution in [0.25, 0.3) is 0 Å². The summed E-state index contributed by atoms with van der Waals surface area (Å²) in [6.07, 6.45) is -0.241. The number of nitrogens with one attached hydrogen (secondary N) is 1. The normalized spacial score (nSPS) is 11.3. The van der Waals surface area contributed by atoms with E-state index in [-0.39, 0.29) is 5.82 Å². The fourth-order valence-corrected chi connectivity index (χ4v) is 1.29. The molecule has 4 nitrogen and oxygen atoms in total. The maximum absolute atomic E-state index is 12.4. The van der Waals surface area contributed by atoms with E-state index in [2.05, 4.69) is 20.3 Å². The van der Waals surface area contributed by atoms with Crippen LogP contribution >= 0.6 is 0 Å². The van der Waals surface area contributed by atoms with Gasteiger partial charge in [0.15, 0.2) is 0 Å². The minimum Gasteiger partial charge on any atom is -0.366 e. The van der Waals surface area contributed by atoms with Gasteiger partial charge in [0.2, 0.25) is 5.82 Å². The summed E-state index contributed by atoms with van der Waals surface area (Å²) in [5, 5.41) is 2.79. The van der Waals surface area contributed by atoms with Crippen molar-refractivity contribution < 1.29 is 13.2 Å². The molecule has 0 aliphatic heterocycles. The van der Waals surface area contributed by atoms with Crippen LogP contribution in [0.15, 0.2) is 36.8 Å². The highest BCUT2D eigenvalue weighted by atomic mass is 19.4. The van der Waals surface area contributed by atoms with Gasteiger partial charge in [0.05, 0.1) is 0 Å². The Balaban J connectivity index is 2.06. The lowest BCUT2D eigenvalue weighted by Crippen LogP contribution is -2.12. The summed E-state index contributed by atoms with van der Waals surface area (Å²) in [5.41, 5.74) is 0.900. The maximum atomic E-state index is 12.4. The van der Waals surface area contributed by atoms with Crippen LogP contribution in [-0.2, 0) is 12.7 Å². The number of pyridine rings is 1. The molecule has 2 aromatic rings. The first kappa shape index (κ1) is 12.3. The van der Waals surface area contributed by atoms with E-state index in [0.717, 1.165) is 11.8 Å². The molecular formula is C11H9F3N4. The van der Waals surface area contributed by atoms with Gasteiger partial charge in [-0.05, 0) is 23.8 Å². The first-order valence-corrected chi connectivity index (χ1v) is 5.09. The molecule has 7 heteroatoms. The topological polar surface area (TPSA) is 50.7 Å². The van der Waals surface area contributed by atoms with E-state index < -0.39 is 12.0 Å². The summed E-state index contributed by atoms with van der Waals surface area (Å²) in [6.45, 7) is 0.372. The Labute approximate surface area is 101 Å². The Hall–Kier alpha value is -2.18. The van der Waals surface area contributed by atoms with Gasteiger partial charge in [-0.2, -0.15) is 13.2 Å². The van der Waals surface area contributed by atoms with E-state index in [1.54, 1.807) is 24.5 Å². The van der Waals surface area contributed by atoms with Crippen LogP contribution in [0.5, 0.6) is 0 Å². The van der Waals surface area contributed by atoms with Crippen molar-refractivity contribution in [1.82, 2.24) is 15.0 Å². The van der Waals surface area contributed by atoms with E-state index in [9.17, 15) is 13.2 Å². The van der Waals surface area contributed by atoms with Crippen molar-refractivity contribution in [2.45, 2.75) is 12.7 Å². The van der Waals surface area contributed by atoms with Crippen LogP contribution in [0.4, 0.5) is 19.0 Å². The Morgan fingerprint density at radius 2 is 1.78 bits per heavy atom. The molecule has 94 valence electrons. The summed E-state index contributed by atoms with van der Waals surface area (Å²) in [6, 6.07) is 4.91. The highest BCUT2D eigenvalue weighted by Gasteiger charge is 2.34. The molecule has 2 aromatic heterocycles. The molecule has 0 saturated heterocycles. The molecule has 0 spiro atoms. The van der Waals surface area contributed by atoms with Gasteiger partial charge >= 0.3 is 6.18 Å². The zero-order valence-electron chi connectivity index (χ0n) is 9.15. The molecule has 2 heterocycles. The molecule has 0 bridgehead atoms. The summed E-state index contributed by atoms with van der Waals surface area (Å²) < 4.78 is 37.1. The Morgan fingerprint density at radius 1 is 1.06 bits per heavy atom. The van der Waals surface area contributed by atoms with Crippen LogP contribution in [0.2, 0.25) is 0 Å². The third-order valence-corrected chi connectivity index (χ3v) is 2.13. The minimum atomic E-state index is -4.53. The van der Waals surface area contributed by atoms with Crippen LogP contribution < -0.4 is 5.32 Å². The molecule has 0 aliphatic rings. The van der Waals surface area contributed by atoms with E-state index in [4.69, 9.17) is 0 Å². The van der Waals surface area contributed by atoms with Crippen molar-refractivity contribution in [3.8, 4) is 0 Å². The van der Waals surface area contributed by atoms with Gasteiger partial charge < -0.3 is 5.32 Å². The molecule has 18 heavy (non-hydrogen) atoms. The van der Waals surface area contributed by atoms with Gasteiger partial charge in [-0.3, -0.25) is 4.98 Å². The number of hydrogen-bond acceptors (Lipinski definition) is 4. The Bertz CT molecular complexity index is 513. The summed E-state index contributed by atoms with van der Waals surface area (Å²) >= 11 is 0. The second kappa shape index (κ2) is 4.99. The van der Waals surface area contributed by atoms with Crippen LogP contribution in [0, 0.1) is 0 Å². The molecule has 2 rings (SSSR count). The smallest absolute Gasteiger partial charge is 0.366 e. The third kappa shape index (κ3) is 3.16. The lowest BCUT2D eigenvalue weighted by molar-refractivity contribution is -0.144. The van der Waals surface area contributed by atoms with Gasteiger partial charge in [-0.25, -0.2) is 9.97 Å². The second-order valence-electron chi connectivity index (χ2n) is 3.47. The van der Waals surface area contributed by atoms with Crippen molar-refractivity contribution in [3.63, 3.8) is 0 Å². The lowest BCUT2D eigenvalue weighted by Gasteiger charge is -2.08. The van der Waals surface area contributed by atoms with Crippen molar-refractivity contribution in [3.05, 3.63) is 48.2 Å². The van der Waals surface area contributed by atoms with Crippen LogP contribution in [0.3, 0.4) is 0 Å². The average Bonchev–Trinajstić information content (AvgIpc) is 2.37. The zero-order chi connectivity index (χ0) is 13.0. The Kier molecular flexibility index (Phi) is 3.40. The highest BCUT2D eigenvalue weighted by Crippen LogP contribution is 2.26. The fourth-order valence-electron chi connectivity index (χ4n) is 1.29. The summed E-state index contributed by atoms with van der Waals surface area (Å²) in [5.74, 6) is -1.02. The minimum absolute atomic E-state index is 0.133. The van der Waals surface area contributed by atoms with E-state index in [0.29, 0.717) is 6.54 Å². The molecule has 0 aliphatic carbocycles. The number of aromatic nitrogens is 3. The molecule has 0 fully saturated rings. The molecule has 0 saturated carbocycles. The fraction of sp³-hybridized carbons (Fsp3) is 0.182. The molecular weight excluding hydrogens is 245 g/mol. The molecule has 0 aromatic carbocycles. The number of hydrogen-bond donors (Lipinski definition) is 1. The van der Waals surface area contributed by atoms with E-state index in [1.807, 2.05) is 0 Å². The first-order valence-electron chi connectivity index (χ1n) is 5.09. The number of anilines is 1. The molecule has 0 atom stereocenters. The highest BCUT2D eigenvalue weighted by molar-refractivity contribution is 5.34. The quantitative estimate of drug-likeness (QED) is 0.914. The first-order chi connectivity index (χ1) is 8.55. The molecule has 0 amide bonds. The van der Waals surface area contributed by atoms with E-state index in [1.165, 1.54) is 6.07 Å².